The molecule has 0 bridgehead atoms. The molecular weight excluding hydrogens is 266 g/mol. The molecule has 1 aliphatic heterocycles. The zero-order valence-electron chi connectivity index (χ0n) is 13.4. The van der Waals surface area contributed by atoms with Crippen molar-refractivity contribution in [3.05, 3.63) is 0 Å². The van der Waals surface area contributed by atoms with Crippen LogP contribution in [0.2, 0.25) is 0 Å². The quantitative estimate of drug-likeness (QED) is 0.616. The van der Waals surface area contributed by atoms with E-state index in [0.29, 0.717) is 12.0 Å². The second-order valence-corrected chi connectivity index (χ2v) is 6.79. The lowest BCUT2D eigenvalue weighted by Crippen LogP contribution is -2.54. The molecule has 3 rings (SSSR count). The predicted octanol–water partition coefficient (Wildman–Crippen LogP) is 1.49. The fourth-order valence-corrected chi connectivity index (χ4v) is 3.84. The average Bonchev–Trinajstić information content (AvgIpc) is 3.27. The molecule has 3 fully saturated rings. The highest BCUT2D eigenvalue weighted by Crippen LogP contribution is 2.56. The normalized spacial score (nSPS) is 29.1. The third-order valence-corrected chi connectivity index (χ3v) is 5.39. The SMILES string of the molecule is CN=C(NCC1(C2CC2)CCC1)N1CCOC(COC)C1. The summed E-state index contributed by atoms with van der Waals surface area (Å²) in [5.41, 5.74) is 0.578. The summed E-state index contributed by atoms with van der Waals surface area (Å²) < 4.78 is 10.9. The highest BCUT2D eigenvalue weighted by Gasteiger charge is 2.48. The van der Waals surface area contributed by atoms with Gasteiger partial charge in [0.15, 0.2) is 5.96 Å². The van der Waals surface area contributed by atoms with Crippen LogP contribution < -0.4 is 5.32 Å². The minimum atomic E-state index is 0.156. The van der Waals surface area contributed by atoms with E-state index in [0.717, 1.165) is 38.1 Å². The van der Waals surface area contributed by atoms with Gasteiger partial charge in [0.1, 0.15) is 0 Å². The van der Waals surface area contributed by atoms with Gasteiger partial charge in [0.05, 0.1) is 19.3 Å². The highest BCUT2D eigenvalue weighted by molar-refractivity contribution is 5.80. The van der Waals surface area contributed by atoms with Crippen LogP contribution >= 0.6 is 0 Å². The molecule has 21 heavy (non-hydrogen) atoms. The van der Waals surface area contributed by atoms with Gasteiger partial charge in [-0.25, -0.2) is 0 Å². The molecule has 1 saturated heterocycles. The van der Waals surface area contributed by atoms with Gasteiger partial charge in [-0.05, 0) is 37.0 Å². The first-order valence-electron chi connectivity index (χ1n) is 8.33. The Bertz CT molecular complexity index is 376. The maximum absolute atomic E-state index is 5.72. The Morgan fingerprint density at radius 1 is 1.43 bits per heavy atom. The topological polar surface area (TPSA) is 46.1 Å². The third-order valence-electron chi connectivity index (χ3n) is 5.39. The van der Waals surface area contributed by atoms with Crippen molar-refractivity contribution in [1.82, 2.24) is 10.2 Å². The van der Waals surface area contributed by atoms with E-state index >= 15 is 0 Å². The van der Waals surface area contributed by atoms with Gasteiger partial charge in [-0.15, -0.1) is 0 Å². The Morgan fingerprint density at radius 3 is 2.81 bits per heavy atom. The average molecular weight is 295 g/mol. The summed E-state index contributed by atoms with van der Waals surface area (Å²) in [6, 6.07) is 0. The van der Waals surface area contributed by atoms with E-state index in [1.165, 1.54) is 32.1 Å². The van der Waals surface area contributed by atoms with E-state index in [4.69, 9.17) is 9.47 Å². The molecule has 0 aromatic rings. The lowest BCUT2D eigenvalue weighted by atomic mass is 9.65. The van der Waals surface area contributed by atoms with Crippen LogP contribution in [0.4, 0.5) is 0 Å². The molecule has 2 aliphatic carbocycles. The highest BCUT2D eigenvalue weighted by atomic mass is 16.5. The van der Waals surface area contributed by atoms with Crippen molar-refractivity contribution in [1.29, 1.82) is 0 Å². The summed E-state index contributed by atoms with van der Waals surface area (Å²) in [5.74, 6) is 2.01. The summed E-state index contributed by atoms with van der Waals surface area (Å²) in [6.07, 6.45) is 7.24. The Balaban J connectivity index is 1.52. The standard InChI is InChI=1S/C16H29N3O2/c1-17-15(19-8-9-21-14(10-19)11-20-2)18-12-16(6-3-7-16)13-4-5-13/h13-14H,3-12H2,1-2H3,(H,17,18). The molecule has 2 saturated carbocycles. The monoisotopic (exact) mass is 295 g/mol. The first-order valence-corrected chi connectivity index (χ1v) is 8.33. The van der Waals surface area contributed by atoms with Crippen molar-refractivity contribution >= 4 is 5.96 Å². The molecule has 3 aliphatic rings. The van der Waals surface area contributed by atoms with E-state index in [1.54, 1.807) is 7.11 Å². The van der Waals surface area contributed by atoms with E-state index in [-0.39, 0.29) is 6.10 Å². The Morgan fingerprint density at radius 2 is 2.24 bits per heavy atom. The van der Waals surface area contributed by atoms with Gasteiger partial charge < -0.3 is 19.7 Å². The van der Waals surface area contributed by atoms with Crippen LogP contribution in [0.1, 0.15) is 32.1 Å². The lowest BCUT2D eigenvalue weighted by Gasteiger charge is -2.44. The van der Waals surface area contributed by atoms with Crippen LogP contribution in [0.15, 0.2) is 4.99 Å². The molecule has 1 N–H and O–H groups in total. The van der Waals surface area contributed by atoms with Crippen LogP contribution in [0.5, 0.6) is 0 Å². The number of hydrogen-bond donors (Lipinski definition) is 1. The number of ether oxygens (including phenoxy) is 2. The molecule has 1 atom stereocenters. The molecule has 0 aromatic carbocycles. The molecule has 0 spiro atoms. The summed E-state index contributed by atoms with van der Waals surface area (Å²) in [7, 11) is 3.61. The fraction of sp³-hybridized carbons (Fsp3) is 0.938. The van der Waals surface area contributed by atoms with Crippen LogP contribution in [-0.4, -0.2) is 64.0 Å². The molecule has 0 amide bonds. The molecule has 5 heteroatoms. The zero-order chi connectivity index (χ0) is 14.7. The summed E-state index contributed by atoms with van der Waals surface area (Å²) in [5, 5.41) is 3.65. The largest absolute Gasteiger partial charge is 0.382 e. The molecule has 1 unspecified atom stereocenters. The molecule has 1 heterocycles. The molecule has 0 radical (unpaired) electrons. The van der Waals surface area contributed by atoms with Gasteiger partial charge in [-0.3, -0.25) is 4.99 Å². The van der Waals surface area contributed by atoms with Gasteiger partial charge in [0, 0.05) is 33.8 Å². The van der Waals surface area contributed by atoms with E-state index in [1.807, 2.05) is 7.05 Å². The lowest BCUT2D eigenvalue weighted by molar-refractivity contribution is -0.0449. The smallest absolute Gasteiger partial charge is 0.193 e. The van der Waals surface area contributed by atoms with E-state index in [9.17, 15) is 0 Å². The maximum atomic E-state index is 5.72. The van der Waals surface area contributed by atoms with Crippen LogP contribution in [0.3, 0.4) is 0 Å². The minimum absolute atomic E-state index is 0.156. The third kappa shape index (κ3) is 3.34. The first kappa shape index (κ1) is 15.1. The number of aliphatic imine (C=N–C) groups is 1. The number of nitrogens with zero attached hydrogens (tertiary/aromatic N) is 2. The van der Waals surface area contributed by atoms with Crippen LogP contribution in [0, 0.1) is 11.3 Å². The van der Waals surface area contributed by atoms with Gasteiger partial charge in [0.25, 0.3) is 0 Å². The van der Waals surface area contributed by atoms with Gasteiger partial charge in [-0.1, -0.05) is 6.42 Å². The second kappa shape index (κ2) is 6.53. The maximum Gasteiger partial charge on any atom is 0.193 e. The summed E-state index contributed by atoms with van der Waals surface area (Å²) in [4.78, 5) is 6.79. The second-order valence-electron chi connectivity index (χ2n) is 6.79. The van der Waals surface area contributed by atoms with E-state index in [2.05, 4.69) is 15.2 Å². The van der Waals surface area contributed by atoms with Gasteiger partial charge in [-0.2, -0.15) is 0 Å². The van der Waals surface area contributed by atoms with Crippen molar-refractivity contribution < 1.29 is 9.47 Å². The predicted molar refractivity (Wildman–Crippen MR) is 83.6 cm³/mol. The van der Waals surface area contributed by atoms with Crippen molar-refractivity contribution in [3.8, 4) is 0 Å². The number of rotatable bonds is 5. The van der Waals surface area contributed by atoms with Gasteiger partial charge >= 0.3 is 0 Å². The van der Waals surface area contributed by atoms with Gasteiger partial charge in [0.2, 0.25) is 0 Å². The zero-order valence-corrected chi connectivity index (χ0v) is 13.4. The molecular formula is C16H29N3O2. The number of morpholine rings is 1. The van der Waals surface area contributed by atoms with Crippen molar-refractivity contribution in [2.45, 2.75) is 38.2 Å². The van der Waals surface area contributed by atoms with E-state index < -0.39 is 0 Å². The Labute approximate surface area is 128 Å². The molecule has 5 nitrogen and oxygen atoms in total. The summed E-state index contributed by atoms with van der Waals surface area (Å²) in [6.45, 7) is 4.28. The molecule has 0 aromatic heterocycles. The first-order chi connectivity index (χ1) is 10.3. The van der Waals surface area contributed by atoms with Crippen LogP contribution in [0.25, 0.3) is 0 Å². The Kier molecular flexibility index (Phi) is 4.69. The molecule has 120 valence electrons. The minimum Gasteiger partial charge on any atom is -0.382 e. The Hall–Kier alpha value is -0.810. The van der Waals surface area contributed by atoms with Crippen molar-refractivity contribution in [2.24, 2.45) is 16.3 Å². The summed E-state index contributed by atoms with van der Waals surface area (Å²) >= 11 is 0. The number of guanidine groups is 1. The fourth-order valence-electron chi connectivity index (χ4n) is 3.84. The van der Waals surface area contributed by atoms with Crippen molar-refractivity contribution in [3.63, 3.8) is 0 Å². The number of hydrogen-bond acceptors (Lipinski definition) is 3. The number of methoxy groups -OCH3 is 1. The number of nitrogens with one attached hydrogen (secondary N) is 1. The van der Waals surface area contributed by atoms with Crippen molar-refractivity contribution in [2.75, 3.05) is 47.0 Å². The van der Waals surface area contributed by atoms with Crippen LogP contribution in [-0.2, 0) is 9.47 Å².